The first kappa shape index (κ1) is 32.7. The first-order valence-electron chi connectivity index (χ1n) is 13.1. The predicted octanol–water partition coefficient (Wildman–Crippen LogP) is 6.79. The van der Waals surface area contributed by atoms with Gasteiger partial charge in [-0.05, 0) is 82.1 Å². The van der Waals surface area contributed by atoms with Gasteiger partial charge in [-0.2, -0.15) is 0 Å². The van der Waals surface area contributed by atoms with Crippen LogP contribution in [0.2, 0.25) is 15.1 Å². The maximum absolute atomic E-state index is 14.1. The molecule has 2 atom stereocenters. The molecule has 220 valence electrons. The first-order valence-corrected chi connectivity index (χ1v) is 15.7. The van der Waals surface area contributed by atoms with Crippen LogP contribution in [0.3, 0.4) is 0 Å². The number of benzene rings is 3. The van der Waals surface area contributed by atoms with Crippen LogP contribution in [0.4, 0.5) is 5.69 Å². The third-order valence-corrected chi connectivity index (χ3v) is 9.59. The Morgan fingerprint density at radius 2 is 1.54 bits per heavy atom. The van der Waals surface area contributed by atoms with Crippen molar-refractivity contribution >= 4 is 62.3 Å². The number of hydrogen-bond donors (Lipinski definition) is 1. The topological polar surface area (TPSA) is 86.8 Å². The van der Waals surface area contributed by atoms with Crippen molar-refractivity contribution in [3.63, 3.8) is 0 Å². The summed E-state index contributed by atoms with van der Waals surface area (Å²) < 4.78 is 29.0. The second kappa shape index (κ2) is 13.9. The van der Waals surface area contributed by atoms with Gasteiger partial charge in [0.2, 0.25) is 11.8 Å². The van der Waals surface area contributed by atoms with Gasteiger partial charge in [-0.15, -0.1) is 0 Å². The van der Waals surface area contributed by atoms with Gasteiger partial charge in [-0.3, -0.25) is 13.9 Å². The number of carbonyl (C=O) groups is 2. The van der Waals surface area contributed by atoms with Crippen molar-refractivity contribution in [1.82, 2.24) is 10.2 Å². The highest BCUT2D eigenvalue weighted by Crippen LogP contribution is 2.31. The average Bonchev–Trinajstić information content (AvgIpc) is 2.91. The van der Waals surface area contributed by atoms with Crippen LogP contribution in [-0.2, 0) is 26.2 Å². The van der Waals surface area contributed by atoms with Crippen LogP contribution < -0.4 is 9.62 Å². The van der Waals surface area contributed by atoms with Gasteiger partial charge in [0, 0.05) is 33.2 Å². The molecule has 0 aliphatic rings. The van der Waals surface area contributed by atoms with E-state index in [1.165, 1.54) is 17.0 Å². The summed E-state index contributed by atoms with van der Waals surface area (Å²) >= 11 is 19.0. The van der Waals surface area contributed by atoms with Crippen LogP contribution in [0.25, 0.3) is 0 Å². The van der Waals surface area contributed by atoms with E-state index >= 15 is 0 Å². The van der Waals surface area contributed by atoms with Gasteiger partial charge in [0.05, 0.1) is 10.6 Å². The Morgan fingerprint density at radius 1 is 0.927 bits per heavy atom. The Kier molecular flexibility index (Phi) is 11.1. The molecule has 0 fully saturated rings. The van der Waals surface area contributed by atoms with Gasteiger partial charge in [0.15, 0.2) is 0 Å². The maximum atomic E-state index is 14.1. The van der Waals surface area contributed by atoms with Crippen molar-refractivity contribution < 1.29 is 18.0 Å². The molecule has 41 heavy (non-hydrogen) atoms. The van der Waals surface area contributed by atoms with E-state index in [9.17, 15) is 18.0 Å². The number of amides is 2. The van der Waals surface area contributed by atoms with Gasteiger partial charge >= 0.3 is 0 Å². The molecule has 3 aromatic rings. The number of aryl methyl sites for hydroxylation is 2. The fourth-order valence-corrected chi connectivity index (χ4v) is 6.37. The highest BCUT2D eigenvalue weighted by atomic mass is 35.5. The molecule has 2 amide bonds. The quantitative estimate of drug-likeness (QED) is 0.251. The Balaban J connectivity index is 2.10. The molecule has 0 aliphatic heterocycles. The molecule has 0 aliphatic carbocycles. The summed E-state index contributed by atoms with van der Waals surface area (Å²) in [5, 5.41) is 3.97. The molecular formula is C30H34Cl3N3O4S. The number of rotatable bonds is 11. The molecule has 11 heteroatoms. The van der Waals surface area contributed by atoms with E-state index in [1.807, 2.05) is 20.8 Å². The Hall–Kier alpha value is -2.78. The molecule has 2 unspecified atom stereocenters. The van der Waals surface area contributed by atoms with Gasteiger partial charge in [0.1, 0.15) is 12.6 Å². The number of nitrogens with one attached hydrogen (secondary N) is 1. The minimum atomic E-state index is -4.20. The largest absolute Gasteiger partial charge is 0.352 e. The van der Waals surface area contributed by atoms with E-state index in [2.05, 4.69) is 5.32 Å². The van der Waals surface area contributed by atoms with Crippen molar-refractivity contribution in [2.45, 2.75) is 64.6 Å². The minimum absolute atomic E-state index is 0.0218. The smallest absolute Gasteiger partial charge is 0.264 e. The summed E-state index contributed by atoms with van der Waals surface area (Å²) in [6, 6.07) is 15.0. The van der Waals surface area contributed by atoms with Crippen LogP contribution in [0.1, 0.15) is 43.9 Å². The molecular weight excluding hydrogens is 605 g/mol. The van der Waals surface area contributed by atoms with Crippen molar-refractivity contribution in [3.8, 4) is 0 Å². The van der Waals surface area contributed by atoms with E-state index in [-0.39, 0.29) is 29.1 Å². The summed E-state index contributed by atoms with van der Waals surface area (Å²) in [7, 11) is -4.20. The Labute approximate surface area is 257 Å². The molecule has 3 aromatic carbocycles. The summed E-state index contributed by atoms with van der Waals surface area (Å²) in [4.78, 5) is 28.6. The lowest BCUT2D eigenvalue weighted by molar-refractivity contribution is -0.139. The molecule has 0 heterocycles. The SMILES string of the molecule is CCC(C)NC(=O)C(C)N(Cc1c(Cl)cccc1Cl)C(=O)CN(c1ccc(Cl)cc1C)S(=O)(=O)c1ccc(C)cc1. The number of sulfonamides is 1. The predicted molar refractivity (Wildman–Crippen MR) is 166 cm³/mol. The third-order valence-electron chi connectivity index (χ3n) is 6.87. The normalized spacial score (nSPS) is 12.9. The maximum Gasteiger partial charge on any atom is 0.264 e. The van der Waals surface area contributed by atoms with E-state index in [4.69, 9.17) is 34.8 Å². The number of anilines is 1. The second-order valence-electron chi connectivity index (χ2n) is 9.97. The number of hydrogen-bond acceptors (Lipinski definition) is 4. The lowest BCUT2D eigenvalue weighted by Gasteiger charge is -2.33. The van der Waals surface area contributed by atoms with Crippen molar-refractivity contribution in [3.05, 3.63) is 92.4 Å². The lowest BCUT2D eigenvalue weighted by atomic mass is 10.1. The molecule has 0 saturated heterocycles. The summed E-state index contributed by atoms with van der Waals surface area (Å²) in [5.41, 5.74) is 2.18. The average molecular weight is 639 g/mol. The van der Waals surface area contributed by atoms with Crippen LogP contribution >= 0.6 is 34.8 Å². The summed E-state index contributed by atoms with van der Waals surface area (Å²) in [6.07, 6.45) is 0.696. The van der Waals surface area contributed by atoms with Crippen LogP contribution in [0.15, 0.2) is 65.6 Å². The van der Waals surface area contributed by atoms with Gasteiger partial charge in [-0.1, -0.05) is 65.5 Å². The van der Waals surface area contributed by atoms with E-state index in [1.54, 1.807) is 62.4 Å². The molecule has 0 spiro atoms. The second-order valence-corrected chi connectivity index (χ2v) is 13.1. The summed E-state index contributed by atoms with van der Waals surface area (Å²) in [5.74, 6) is -0.996. The van der Waals surface area contributed by atoms with Crippen LogP contribution in [-0.4, -0.2) is 43.8 Å². The zero-order valence-electron chi connectivity index (χ0n) is 23.6. The minimum Gasteiger partial charge on any atom is -0.352 e. The molecule has 0 aromatic heterocycles. The van der Waals surface area contributed by atoms with Crippen molar-refractivity contribution in [1.29, 1.82) is 0 Å². The standard InChI is InChI=1S/C30H34Cl3N3O4S/c1-6-21(4)34-30(38)22(5)35(17-25-26(32)8-7-9-27(25)33)29(37)18-36(28-15-12-23(31)16-20(28)3)41(39,40)24-13-10-19(2)11-14-24/h7-16,21-22H,6,17-18H2,1-5H3,(H,34,38). The number of nitrogens with zero attached hydrogens (tertiary/aromatic N) is 2. The molecule has 0 saturated carbocycles. The molecule has 1 N–H and O–H groups in total. The summed E-state index contributed by atoms with van der Waals surface area (Å²) in [6.45, 7) is 8.27. The highest BCUT2D eigenvalue weighted by Gasteiger charge is 2.34. The molecule has 0 radical (unpaired) electrons. The molecule has 3 rings (SSSR count). The fraction of sp³-hybridized carbons (Fsp3) is 0.333. The monoisotopic (exact) mass is 637 g/mol. The van der Waals surface area contributed by atoms with Crippen molar-refractivity contribution in [2.75, 3.05) is 10.8 Å². The van der Waals surface area contributed by atoms with E-state index in [0.29, 0.717) is 32.6 Å². The van der Waals surface area contributed by atoms with Gasteiger partial charge in [-0.25, -0.2) is 8.42 Å². The van der Waals surface area contributed by atoms with E-state index in [0.717, 1.165) is 9.87 Å². The van der Waals surface area contributed by atoms with Crippen molar-refractivity contribution in [2.24, 2.45) is 0 Å². The van der Waals surface area contributed by atoms with Crippen LogP contribution in [0, 0.1) is 13.8 Å². The Bertz CT molecular complexity index is 1490. The highest BCUT2D eigenvalue weighted by molar-refractivity contribution is 7.92. The fourth-order valence-electron chi connectivity index (χ4n) is 4.15. The van der Waals surface area contributed by atoms with Crippen LogP contribution in [0.5, 0.6) is 0 Å². The first-order chi connectivity index (χ1) is 19.3. The zero-order chi connectivity index (χ0) is 30.5. The van der Waals surface area contributed by atoms with Gasteiger partial charge in [0.25, 0.3) is 10.0 Å². The number of halogens is 3. The Morgan fingerprint density at radius 3 is 2.10 bits per heavy atom. The third kappa shape index (κ3) is 7.95. The molecule has 7 nitrogen and oxygen atoms in total. The zero-order valence-corrected chi connectivity index (χ0v) is 26.7. The van der Waals surface area contributed by atoms with E-state index < -0.39 is 28.5 Å². The lowest BCUT2D eigenvalue weighted by Crippen LogP contribution is -2.52. The molecule has 0 bridgehead atoms. The number of carbonyl (C=O) groups excluding carboxylic acids is 2. The van der Waals surface area contributed by atoms with Gasteiger partial charge < -0.3 is 10.2 Å².